The van der Waals surface area contributed by atoms with E-state index in [2.05, 4.69) is 5.16 Å². The van der Waals surface area contributed by atoms with E-state index in [0.29, 0.717) is 12.3 Å². The van der Waals surface area contributed by atoms with E-state index >= 15 is 0 Å². The van der Waals surface area contributed by atoms with Gasteiger partial charge in [0.25, 0.3) is 0 Å². The molecule has 1 aromatic heterocycles. The molecule has 2 fully saturated rings. The normalized spacial score (nSPS) is 20.6. The molecule has 4 rings (SSSR count). The fourth-order valence-corrected chi connectivity index (χ4v) is 3.43. The van der Waals surface area contributed by atoms with Gasteiger partial charge in [0.2, 0.25) is 11.8 Å². The summed E-state index contributed by atoms with van der Waals surface area (Å²) >= 11 is 0. The molecule has 0 aliphatic carbocycles. The molecule has 1 aromatic carbocycles. The number of piperazine rings is 1. The van der Waals surface area contributed by atoms with Crippen LogP contribution in [0.5, 0.6) is 0 Å². The summed E-state index contributed by atoms with van der Waals surface area (Å²) in [7, 11) is 0. The molecule has 0 spiro atoms. The van der Waals surface area contributed by atoms with Crippen LogP contribution in [0.4, 0.5) is 0 Å². The standard InChI is InChI=1S/C18H19N3O3/c1-12-4-6-13(7-5-12)15-9-14(24-19-15)10-20-11-17(22)21-8-2-3-16(21)18(20)23/h4-7,9,16H,2-3,8,10-11H2,1H3. The molecule has 3 heterocycles. The molecule has 0 radical (unpaired) electrons. The van der Waals surface area contributed by atoms with Crippen LogP contribution in [0.3, 0.4) is 0 Å². The second-order valence-corrected chi connectivity index (χ2v) is 6.48. The van der Waals surface area contributed by atoms with Gasteiger partial charge < -0.3 is 14.3 Å². The van der Waals surface area contributed by atoms with Gasteiger partial charge in [-0.25, -0.2) is 0 Å². The van der Waals surface area contributed by atoms with Crippen molar-refractivity contribution in [1.29, 1.82) is 0 Å². The zero-order valence-corrected chi connectivity index (χ0v) is 13.6. The molecule has 2 saturated heterocycles. The van der Waals surface area contributed by atoms with Gasteiger partial charge in [0.1, 0.15) is 18.3 Å². The summed E-state index contributed by atoms with van der Waals surface area (Å²) in [5.41, 5.74) is 2.89. The molecule has 2 aliphatic rings. The Bertz CT molecular complexity index is 781. The summed E-state index contributed by atoms with van der Waals surface area (Å²) in [6.07, 6.45) is 1.65. The number of benzene rings is 1. The van der Waals surface area contributed by atoms with E-state index in [1.165, 1.54) is 5.56 Å². The number of amides is 2. The molecule has 2 aromatic rings. The van der Waals surface area contributed by atoms with E-state index in [-0.39, 0.29) is 30.9 Å². The molecule has 24 heavy (non-hydrogen) atoms. The minimum absolute atomic E-state index is 0.0142. The van der Waals surface area contributed by atoms with E-state index in [1.807, 2.05) is 37.3 Å². The van der Waals surface area contributed by atoms with Crippen LogP contribution in [0, 0.1) is 6.92 Å². The molecular weight excluding hydrogens is 306 g/mol. The van der Waals surface area contributed by atoms with Gasteiger partial charge in [0, 0.05) is 18.2 Å². The molecule has 2 amide bonds. The van der Waals surface area contributed by atoms with E-state index in [0.717, 1.165) is 24.1 Å². The van der Waals surface area contributed by atoms with Crippen molar-refractivity contribution in [1.82, 2.24) is 15.0 Å². The number of aromatic nitrogens is 1. The highest BCUT2D eigenvalue weighted by atomic mass is 16.5. The zero-order chi connectivity index (χ0) is 16.7. The van der Waals surface area contributed by atoms with Crippen LogP contribution < -0.4 is 0 Å². The first-order chi connectivity index (χ1) is 11.6. The largest absolute Gasteiger partial charge is 0.359 e. The van der Waals surface area contributed by atoms with Crippen LogP contribution in [0.15, 0.2) is 34.9 Å². The maximum absolute atomic E-state index is 12.5. The Balaban J connectivity index is 1.50. The first-order valence-electron chi connectivity index (χ1n) is 8.23. The summed E-state index contributed by atoms with van der Waals surface area (Å²) < 4.78 is 5.38. The van der Waals surface area contributed by atoms with Gasteiger partial charge >= 0.3 is 0 Å². The minimum atomic E-state index is -0.286. The Morgan fingerprint density at radius 1 is 1.25 bits per heavy atom. The summed E-state index contributed by atoms with van der Waals surface area (Å²) in [6, 6.07) is 9.57. The third kappa shape index (κ3) is 2.58. The maximum Gasteiger partial charge on any atom is 0.246 e. The van der Waals surface area contributed by atoms with Crippen molar-refractivity contribution in [3.63, 3.8) is 0 Å². The molecule has 0 N–H and O–H groups in total. The molecule has 1 unspecified atom stereocenters. The monoisotopic (exact) mass is 325 g/mol. The molecule has 6 nitrogen and oxygen atoms in total. The quantitative estimate of drug-likeness (QED) is 0.865. The molecule has 0 bridgehead atoms. The van der Waals surface area contributed by atoms with Gasteiger partial charge in [-0.3, -0.25) is 9.59 Å². The second-order valence-electron chi connectivity index (χ2n) is 6.48. The van der Waals surface area contributed by atoms with Gasteiger partial charge in [-0.05, 0) is 19.8 Å². The van der Waals surface area contributed by atoms with E-state index in [4.69, 9.17) is 4.52 Å². The fraction of sp³-hybridized carbons (Fsp3) is 0.389. The number of hydrogen-bond acceptors (Lipinski definition) is 4. The number of carbonyl (C=O) groups excluding carboxylic acids is 2. The van der Waals surface area contributed by atoms with Gasteiger partial charge in [0.05, 0.1) is 6.54 Å². The lowest BCUT2D eigenvalue weighted by atomic mass is 10.1. The van der Waals surface area contributed by atoms with Crippen LogP contribution in [-0.2, 0) is 16.1 Å². The van der Waals surface area contributed by atoms with Gasteiger partial charge in [-0.1, -0.05) is 35.0 Å². The first-order valence-corrected chi connectivity index (χ1v) is 8.23. The number of rotatable bonds is 3. The van der Waals surface area contributed by atoms with E-state index in [1.54, 1.807) is 9.80 Å². The lowest BCUT2D eigenvalue weighted by Crippen LogP contribution is -2.56. The summed E-state index contributed by atoms with van der Waals surface area (Å²) in [6.45, 7) is 3.13. The van der Waals surface area contributed by atoms with Crippen molar-refractivity contribution in [2.45, 2.75) is 32.4 Å². The van der Waals surface area contributed by atoms with Crippen LogP contribution in [-0.4, -0.2) is 45.9 Å². The second kappa shape index (κ2) is 5.78. The van der Waals surface area contributed by atoms with Gasteiger partial charge in [-0.2, -0.15) is 0 Å². The van der Waals surface area contributed by atoms with Crippen molar-refractivity contribution in [2.75, 3.05) is 13.1 Å². The highest BCUT2D eigenvalue weighted by Crippen LogP contribution is 2.26. The highest BCUT2D eigenvalue weighted by Gasteiger charge is 2.42. The maximum atomic E-state index is 12.5. The zero-order valence-electron chi connectivity index (χ0n) is 13.6. The predicted octanol–water partition coefficient (Wildman–Crippen LogP) is 1.98. The van der Waals surface area contributed by atoms with Crippen LogP contribution in [0.1, 0.15) is 24.2 Å². The lowest BCUT2D eigenvalue weighted by molar-refractivity contribution is -0.154. The molecule has 124 valence electrons. The van der Waals surface area contributed by atoms with Gasteiger partial charge in [0.15, 0.2) is 5.76 Å². The number of hydrogen-bond donors (Lipinski definition) is 0. The van der Waals surface area contributed by atoms with Crippen molar-refractivity contribution < 1.29 is 14.1 Å². The SMILES string of the molecule is Cc1ccc(-c2cc(CN3CC(=O)N4CCCC4C3=O)on2)cc1. The topological polar surface area (TPSA) is 66.7 Å². The molecule has 0 saturated carbocycles. The third-order valence-corrected chi connectivity index (χ3v) is 4.75. The van der Waals surface area contributed by atoms with E-state index < -0.39 is 0 Å². The number of carbonyl (C=O) groups is 2. The van der Waals surface area contributed by atoms with Crippen molar-refractivity contribution >= 4 is 11.8 Å². The smallest absolute Gasteiger partial charge is 0.246 e. The lowest BCUT2D eigenvalue weighted by Gasteiger charge is -2.35. The highest BCUT2D eigenvalue weighted by molar-refractivity contribution is 5.95. The number of fused-ring (bicyclic) bond motifs is 1. The minimum Gasteiger partial charge on any atom is -0.359 e. The number of nitrogens with zero attached hydrogens (tertiary/aromatic N) is 3. The Kier molecular flexibility index (Phi) is 3.59. The molecular formula is C18H19N3O3. The molecule has 6 heteroatoms. The number of aryl methyl sites for hydroxylation is 1. The summed E-state index contributed by atoms with van der Waals surface area (Å²) in [4.78, 5) is 28.0. The van der Waals surface area contributed by atoms with Crippen LogP contribution in [0.25, 0.3) is 11.3 Å². The van der Waals surface area contributed by atoms with Crippen molar-refractivity contribution in [2.24, 2.45) is 0 Å². The fourth-order valence-electron chi connectivity index (χ4n) is 3.43. The third-order valence-electron chi connectivity index (χ3n) is 4.75. The Morgan fingerprint density at radius 2 is 2.04 bits per heavy atom. The summed E-state index contributed by atoms with van der Waals surface area (Å²) in [5, 5.41) is 4.08. The van der Waals surface area contributed by atoms with Gasteiger partial charge in [-0.15, -0.1) is 0 Å². The summed E-state index contributed by atoms with van der Waals surface area (Å²) in [5.74, 6) is 0.633. The molecule has 1 atom stereocenters. The van der Waals surface area contributed by atoms with Crippen LogP contribution in [0.2, 0.25) is 0 Å². The van der Waals surface area contributed by atoms with Crippen molar-refractivity contribution in [3.8, 4) is 11.3 Å². The predicted molar refractivity (Wildman–Crippen MR) is 86.8 cm³/mol. The van der Waals surface area contributed by atoms with Crippen molar-refractivity contribution in [3.05, 3.63) is 41.7 Å². The van der Waals surface area contributed by atoms with E-state index in [9.17, 15) is 9.59 Å². The molecule has 2 aliphatic heterocycles. The average molecular weight is 325 g/mol. The van der Waals surface area contributed by atoms with Crippen LogP contribution >= 0.6 is 0 Å². The Hall–Kier alpha value is -2.63. The average Bonchev–Trinajstić information content (AvgIpc) is 3.23. The first kappa shape index (κ1) is 14.9. The Morgan fingerprint density at radius 3 is 2.83 bits per heavy atom. The Labute approximate surface area is 140 Å².